The van der Waals surface area contributed by atoms with Crippen LogP contribution in [0.4, 0.5) is 11.4 Å². The molecule has 1 N–H and O–H groups in total. The SMILES string of the molecule is CC(C)c1ccc(CN2CCN(CC(=O)N3c4ccccc4NC(=O)CC3C)CC2)cc1. The van der Waals surface area contributed by atoms with Gasteiger partial charge >= 0.3 is 0 Å². The van der Waals surface area contributed by atoms with Gasteiger partial charge in [0.25, 0.3) is 0 Å². The molecule has 2 aromatic carbocycles. The van der Waals surface area contributed by atoms with Crippen LogP contribution in [-0.2, 0) is 16.1 Å². The predicted molar refractivity (Wildman–Crippen MR) is 129 cm³/mol. The van der Waals surface area contributed by atoms with Gasteiger partial charge in [0.05, 0.1) is 17.9 Å². The molecule has 2 amide bonds. The van der Waals surface area contributed by atoms with E-state index in [0.717, 1.165) is 38.4 Å². The van der Waals surface area contributed by atoms with E-state index in [1.807, 2.05) is 31.2 Å². The van der Waals surface area contributed by atoms with Gasteiger partial charge in [-0.1, -0.05) is 50.2 Å². The van der Waals surface area contributed by atoms with E-state index in [1.165, 1.54) is 11.1 Å². The van der Waals surface area contributed by atoms with E-state index in [0.29, 0.717) is 24.6 Å². The van der Waals surface area contributed by atoms with Gasteiger partial charge in [-0.15, -0.1) is 0 Å². The fourth-order valence-electron chi connectivity index (χ4n) is 4.61. The van der Waals surface area contributed by atoms with E-state index in [4.69, 9.17) is 0 Å². The number of nitrogens with one attached hydrogen (secondary N) is 1. The molecule has 2 aliphatic rings. The number of anilines is 2. The topological polar surface area (TPSA) is 55.9 Å². The molecule has 0 saturated carbocycles. The first-order valence-electron chi connectivity index (χ1n) is 11.6. The molecular formula is C26H34N4O2. The van der Waals surface area contributed by atoms with Crippen LogP contribution in [0.15, 0.2) is 48.5 Å². The van der Waals surface area contributed by atoms with Crippen LogP contribution in [0.2, 0.25) is 0 Å². The van der Waals surface area contributed by atoms with Crippen molar-refractivity contribution in [3.8, 4) is 0 Å². The van der Waals surface area contributed by atoms with Gasteiger partial charge in [0.2, 0.25) is 11.8 Å². The van der Waals surface area contributed by atoms with E-state index < -0.39 is 0 Å². The van der Waals surface area contributed by atoms with Gasteiger partial charge < -0.3 is 10.2 Å². The summed E-state index contributed by atoms with van der Waals surface area (Å²) in [6.45, 7) is 11.4. The molecule has 4 rings (SSSR count). The number of hydrogen-bond acceptors (Lipinski definition) is 4. The zero-order chi connectivity index (χ0) is 22.7. The highest BCUT2D eigenvalue weighted by molar-refractivity contribution is 6.04. The summed E-state index contributed by atoms with van der Waals surface area (Å²) in [4.78, 5) is 32.0. The molecule has 2 aromatic rings. The Bertz CT molecular complexity index is 949. The predicted octanol–water partition coefficient (Wildman–Crippen LogP) is 3.69. The van der Waals surface area contributed by atoms with Crippen LogP contribution in [-0.4, -0.2) is 60.4 Å². The highest BCUT2D eigenvalue weighted by atomic mass is 16.2. The Kier molecular flexibility index (Phi) is 6.92. The van der Waals surface area contributed by atoms with E-state index in [2.05, 4.69) is 53.2 Å². The number of piperazine rings is 1. The van der Waals surface area contributed by atoms with Gasteiger partial charge in [-0.05, 0) is 36.1 Å². The van der Waals surface area contributed by atoms with Gasteiger partial charge in [-0.25, -0.2) is 0 Å². The van der Waals surface area contributed by atoms with Gasteiger partial charge in [-0.2, -0.15) is 0 Å². The first kappa shape index (κ1) is 22.5. The van der Waals surface area contributed by atoms with Gasteiger partial charge in [-0.3, -0.25) is 19.4 Å². The quantitative estimate of drug-likeness (QED) is 0.780. The number of nitrogens with zero attached hydrogens (tertiary/aromatic N) is 3. The fourth-order valence-corrected chi connectivity index (χ4v) is 4.61. The monoisotopic (exact) mass is 434 g/mol. The van der Waals surface area contributed by atoms with Crippen molar-refractivity contribution in [1.82, 2.24) is 9.80 Å². The van der Waals surface area contributed by atoms with Crippen molar-refractivity contribution in [3.05, 3.63) is 59.7 Å². The molecule has 0 spiro atoms. The third-order valence-electron chi connectivity index (χ3n) is 6.50. The summed E-state index contributed by atoms with van der Waals surface area (Å²) in [5.74, 6) is 0.562. The number of rotatable bonds is 5. The molecular weight excluding hydrogens is 400 g/mol. The van der Waals surface area contributed by atoms with Crippen LogP contribution in [0, 0.1) is 0 Å². The zero-order valence-electron chi connectivity index (χ0n) is 19.4. The molecule has 1 saturated heterocycles. The number of carbonyl (C=O) groups excluding carboxylic acids is 2. The largest absolute Gasteiger partial charge is 0.324 e. The van der Waals surface area contributed by atoms with Gasteiger partial charge in [0, 0.05) is 45.2 Å². The molecule has 32 heavy (non-hydrogen) atoms. The molecule has 170 valence electrons. The second-order valence-electron chi connectivity index (χ2n) is 9.33. The number of amides is 2. The first-order valence-corrected chi connectivity index (χ1v) is 11.6. The second-order valence-corrected chi connectivity index (χ2v) is 9.33. The maximum absolute atomic E-state index is 13.3. The van der Waals surface area contributed by atoms with Crippen LogP contribution in [0.25, 0.3) is 0 Å². The Morgan fingerprint density at radius 3 is 2.34 bits per heavy atom. The first-order chi connectivity index (χ1) is 15.4. The summed E-state index contributed by atoms with van der Waals surface area (Å²) < 4.78 is 0. The lowest BCUT2D eigenvalue weighted by Gasteiger charge is -2.36. The maximum Gasteiger partial charge on any atom is 0.241 e. The van der Waals surface area contributed by atoms with Crippen LogP contribution in [0.5, 0.6) is 0 Å². The average molecular weight is 435 g/mol. The highest BCUT2D eigenvalue weighted by Gasteiger charge is 2.31. The lowest BCUT2D eigenvalue weighted by molar-refractivity contribution is -0.120. The normalized spacial score (nSPS) is 20.1. The number of fused-ring (bicyclic) bond motifs is 1. The molecule has 1 unspecified atom stereocenters. The summed E-state index contributed by atoms with van der Waals surface area (Å²) in [6, 6.07) is 16.3. The Labute approximate surface area is 191 Å². The Morgan fingerprint density at radius 1 is 1.00 bits per heavy atom. The molecule has 2 aliphatic heterocycles. The second kappa shape index (κ2) is 9.84. The van der Waals surface area contributed by atoms with Crippen molar-refractivity contribution >= 4 is 23.2 Å². The van der Waals surface area contributed by atoms with Crippen molar-refractivity contribution in [3.63, 3.8) is 0 Å². The zero-order valence-corrected chi connectivity index (χ0v) is 19.4. The number of carbonyl (C=O) groups is 2. The van der Waals surface area contributed by atoms with Crippen molar-refractivity contribution in [1.29, 1.82) is 0 Å². The summed E-state index contributed by atoms with van der Waals surface area (Å²) >= 11 is 0. The highest BCUT2D eigenvalue weighted by Crippen LogP contribution is 2.31. The van der Waals surface area contributed by atoms with Crippen molar-refractivity contribution in [2.75, 3.05) is 42.9 Å². The smallest absolute Gasteiger partial charge is 0.241 e. The van der Waals surface area contributed by atoms with Gasteiger partial charge in [0.15, 0.2) is 0 Å². The molecule has 6 heteroatoms. The molecule has 6 nitrogen and oxygen atoms in total. The Balaban J connectivity index is 1.34. The van der Waals surface area contributed by atoms with Crippen LogP contribution < -0.4 is 10.2 Å². The molecule has 1 atom stereocenters. The lowest BCUT2D eigenvalue weighted by atomic mass is 10.0. The van der Waals surface area contributed by atoms with E-state index in [9.17, 15) is 9.59 Å². The van der Waals surface area contributed by atoms with Crippen LogP contribution >= 0.6 is 0 Å². The van der Waals surface area contributed by atoms with Crippen LogP contribution in [0.1, 0.15) is 44.2 Å². The lowest BCUT2D eigenvalue weighted by Crippen LogP contribution is -2.51. The minimum Gasteiger partial charge on any atom is -0.324 e. The third kappa shape index (κ3) is 5.19. The van der Waals surface area contributed by atoms with Crippen molar-refractivity contribution < 1.29 is 9.59 Å². The van der Waals surface area contributed by atoms with E-state index >= 15 is 0 Å². The minimum absolute atomic E-state index is 0.0460. The fraction of sp³-hybridized carbons (Fsp3) is 0.462. The average Bonchev–Trinajstić information content (AvgIpc) is 2.89. The van der Waals surface area contributed by atoms with Crippen molar-refractivity contribution in [2.45, 2.75) is 45.7 Å². The number of para-hydroxylation sites is 2. The third-order valence-corrected chi connectivity index (χ3v) is 6.50. The maximum atomic E-state index is 13.3. The molecule has 0 bridgehead atoms. The Hall–Kier alpha value is -2.70. The summed E-state index contributed by atoms with van der Waals surface area (Å²) in [5, 5.41) is 2.93. The molecule has 0 aromatic heterocycles. The van der Waals surface area contributed by atoms with Crippen molar-refractivity contribution in [2.24, 2.45) is 0 Å². The minimum atomic E-state index is -0.166. The van der Waals surface area contributed by atoms with Crippen LogP contribution in [0.3, 0.4) is 0 Å². The summed E-state index contributed by atoms with van der Waals surface area (Å²) in [5.41, 5.74) is 4.22. The van der Waals surface area contributed by atoms with E-state index in [-0.39, 0.29) is 17.9 Å². The Morgan fingerprint density at radius 2 is 1.66 bits per heavy atom. The standard InChI is InChI=1S/C26H34N4O2/c1-19(2)22-10-8-21(9-11-22)17-28-12-14-29(15-13-28)18-26(32)30-20(3)16-25(31)27-23-6-4-5-7-24(23)30/h4-11,19-20H,12-18H2,1-3H3,(H,27,31). The molecule has 0 aliphatic carbocycles. The summed E-state index contributed by atoms with van der Waals surface area (Å²) in [6.07, 6.45) is 0.309. The molecule has 1 fully saturated rings. The molecule has 0 radical (unpaired) electrons. The van der Waals surface area contributed by atoms with E-state index in [1.54, 1.807) is 4.90 Å². The number of benzene rings is 2. The van der Waals surface area contributed by atoms with Gasteiger partial charge in [0.1, 0.15) is 0 Å². The molecule has 2 heterocycles. The number of hydrogen-bond donors (Lipinski definition) is 1. The summed E-state index contributed by atoms with van der Waals surface area (Å²) in [7, 11) is 0.